The smallest absolute Gasteiger partial charge is 0.309 e. The lowest BCUT2D eigenvalue weighted by Crippen LogP contribution is -2.23. The zero-order chi connectivity index (χ0) is 34.1. The molecule has 254 valence electrons. The highest BCUT2D eigenvalue weighted by Gasteiger charge is 2.31. The van der Waals surface area contributed by atoms with E-state index in [-0.39, 0.29) is 23.8 Å². The topological polar surface area (TPSA) is 138 Å². The number of nitrogens with zero attached hydrogens (tertiary/aromatic N) is 5. The first kappa shape index (κ1) is 33.3. The number of halogens is 1. The predicted octanol–water partition coefficient (Wildman–Crippen LogP) is 7.06. The van der Waals surface area contributed by atoms with Gasteiger partial charge in [0.05, 0.1) is 55.2 Å². The number of ether oxygens (including phenoxy) is 3. The SMILES string of the molecule is CCOC(=O)C1CCc2c(sc3ncnc(Cl)c23)C1.CCOC(=O)C1CCc2c(sc3ncnc(Nc4cc5c(cc4OC)CN=C5)c23)C1. The number of nitrogens with one attached hydrogen (secondary N) is 1. The molecule has 2 aliphatic carbocycles. The summed E-state index contributed by atoms with van der Waals surface area (Å²) in [5.74, 6) is 1.22. The Balaban J connectivity index is 0.000000171. The van der Waals surface area contributed by atoms with Crippen LogP contribution in [0.25, 0.3) is 20.4 Å². The molecule has 2 unspecified atom stereocenters. The minimum absolute atomic E-state index is 0.0350. The maximum atomic E-state index is 12.2. The molecule has 1 aromatic carbocycles. The Labute approximate surface area is 296 Å². The van der Waals surface area contributed by atoms with Crippen molar-refractivity contribution in [2.45, 2.75) is 58.9 Å². The van der Waals surface area contributed by atoms with Gasteiger partial charge in [-0.15, -0.1) is 22.7 Å². The summed E-state index contributed by atoms with van der Waals surface area (Å²) < 4.78 is 15.9. The van der Waals surface area contributed by atoms with Crippen LogP contribution in [0.5, 0.6) is 5.75 Å². The number of hydrogen-bond acceptors (Lipinski definition) is 13. The van der Waals surface area contributed by atoms with Gasteiger partial charge in [0.25, 0.3) is 0 Å². The zero-order valence-corrected chi connectivity index (χ0v) is 29.8. The lowest BCUT2D eigenvalue weighted by molar-refractivity contribution is -0.149. The number of esters is 2. The van der Waals surface area contributed by atoms with Crippen LogP contribution in [0, 0.1) is 11.8 Å². The van der Waals surface area contributed by atoms with Gasteiger partial charge in [0.1, 0.15) is 39.0 Å². The van der Waals surface area contributed by atoms with Crippen molar-refractivity contribution in [3.05, 3.63) is 61.9 Å². The van der Waals surface area contributed by atoms with Gasteiger partial charge < -0.3 is 19.5 Å². The lowest BCUT2D eigenvalue weighted by Gasteiger charge is -2.21. The van der Waals surface area contributed by atoms with Gasteiger partial charge in [-0.1, -0.05) is 11.6 Å². The Hall–Kier alpha value is -4.20. The van der Waals surface area contributed by atoms with Crippen molar-refractivity contribution >= 4 is 84.4 Å². The van der Waals surface area contributed by atoms with Crippen LogP contribution in [-0.4, -0.2) is 58.4 Å². The first-order valence-electron chi connectivity index (χ1n) is 16.3. The Kier molecular flexibility index (Phi) is 9.75. The number of methoxy groups -OCH3 is 1. The number of carbonyl (C=O) groups is 2. The quantitative estimate of drug-likeness (QED) is 0.138. The Morgan fingerprint density at radius 1 is 0.878 bits per heavy atom. The van der Waals surface area contributed by atoms with E-state index >= 15 is 0 Å². The molecule has 2 atom stereocenters. The number of aliphatic imine (C=N–C) groups is 1. The second kappa shape index (κ2) is 14.3. The van der Waals surface area contributed by atoms with Crippen molar-refractivity contribution < 1.29 is 23.8 Å². The molecule has 0 spiro atoms. The monoisotopic (exact) mass is 718 g/mol. The summed E-state index contributed by atoms with van der Waals surface area (Å²) >= 11 is 9.40. The molecule has 1 aliphatic heterocycles. The van der Waals surface area contributed by atoms with E-state index in [4.69, 9.17) is 25.8 Å². The van der Waals surface area contributed by atoms with Gasteiger partial charge in [0.15, 0.2) is 0 Å². The number of thiophene rings is 2. The van der Waals surface area contributed by atoms with E-state index in [2.05, 4.69) is 30.2 Å². The molecule has 0 radical (unpaired) electrons. The van der Waals surface area contributed by atoms with Crippen LogP contribution in [0.1, 0.15) is 58.7 Å². The van der Waals surface area contributed by atoms with Crippen LogP contribution in [-0.2, 0) is 51.3 Å². The Morgan fingerprint density at radius 2 is 1.49 bits per heavy atom. The highest BCUT2D eigenvalue weighted by atomic mass is 35.5. The van der Waals surface area contributed by atoms with E-state index in [1.165, 1.54) is 27.2 Å². The van der Waals surface area contributed by atoms with Gasteiger partial charge in [0.2, 0.25) is 0 Å². The molecular formula is C35H35ClN6O5S2. The van der Waals surface area contributed by atoms with E-state index in [1.807, 2.05) is 32.2 Å². The number of anilines is 2. The normalized spacial score (nSPS) is 17.5. The molecule has 1 N–H and O–H groups in total. The van der Waals surface area contributed by atoms with E-state index < -0.39 is 0 Å². The molecule has 49 heavy (non-hydrogen) atoms. The summed E-state index contributed by atoms with van der Waals surface area (Å²) in [6.45, 7) is 5.22. The molecule has 5 heterocycles. The molecule has 0 bridgehead atoms. The molecule has 14 heteroatoms. The Bertz CT molecular complexity index is 2100. The summed E-state index contributed by atoms with van der Waals surface area (Å²) in [5.41, 5.74) is 5.55. The lowest BCUT2D eigenvalue weighted by atomic mass is 9.88. The number of benzene rings is 1. The third-order valence-electron chi connectivity index (χ3n) is 9.09. The van der Waals surface area contributed by atoms with Gasteiger partial charge >= 0.3 is 11.9 Å². The van der Waals surface area contributed by atoms with Crippen LogP contribution in [0.4, 0.5) is 11.5 Å². The molecule has 0 fully saturated rings. The van der Waals surface area contributed by atoms with Gasteiger partial charge in [-0.25, -0.2) is 19.9 Å². The molecule has 11 nitrogen and oxygen atoms in total. The van der Waals surface area contributed by atoms with E-state index in [0.29, 0.717) is 31.3 Å². The maximum Gasteiger partial charge on any atom is 0.309 e. The van der Waals surface area contributed by atoms with E-state index in [9.17, 15) is 9.59 Å². The third kappa shape index (κ3) is 6.59. The molecule has 0 saturated heterocycles. The largest absolute Gasteiger partial charge is 0.495 e. The van der Waals surface area contributed by atoms with Gasteiger partial charge in [0, 0.05) is 16.0 Å². The first-order chi connectivity index (χ1) is 23.9. The Morgan fingerprint density at radius 3 is 2.12 bits per heavy atom. The predicted molar refractivity (Wildman–Crippen MR) is 192 cm³/mol. The molecular weight excluding hydrogens is 684 g/mol. The summed E-state index contributed by atoms with van der Waals surface area (Å²) in [7, 11) is 1.67. The fourth-order valence-corrected chi connectivity index (χ4v) is 9.57. The van der Waals surface area contributed by atoms with Crippen LogP contribution in [0.3, 0.4) is 0 Å². The van der Waals surface area contributed by atoms with Gasteiger partial charge in [-0.05, 0) is 86.8 Å². The van der Waals surface area contributed by atoms with Gasteiger partial charge in [-0.2, -0.15) is 0 Å². The van der Waals surface area contributed by atoms with Crippen LogP contribution in [0.15, 0.2) is 29.8 Å². The summed E-state index contributed by atoms with van der Waals surface area (Å²) in [5, 5.41) is 5.98. The van der Waals surface area contributed by atoms with Gasteiger partial charge in [-0.3, -0.25) is 14.6 Å². The maximum absolute atomic E-state index is 12.2. The average molecular weight is 719 g/mol. The zero-order valence-electron chi connectivity index (χ0n) is 27.4. The standard InChI is InChI=1S/C22H22N4O3S.C13H13ClN2O2S/c1-3-29-22(27)12-4-5-15-18(8-12)30-21-19(15)20(24-11-25-21)26-16-6-13-9-23-10-14(13)7-17(16)28-2;1-2-18-13(17)7-3-4-8-9(5-7)19-12-10(8)11(14)15-6-16-12/h6-7,9,11-12H,3-5,8,10H2,1-2H3,(H,24,25,26);6-7H,2-5H2,1H3. The number of aryl methyl sites for hydroxylation is 2. The van der Waals surface area contributed by atoms with Crippen molar-refractivity contribution in [1.29, 1.82) is 0 Å². The minimum atomic E-state index is -0.102. The summed E-state index contributed by atoms with van der Waals surface area (Å²) in [4.78, 5) is 49.9. The summed E-state index contributed by atoms with van der Waals surface area (Å²) in [6.07, 6.45) is 9.62. The molecule has 0 saturated carbocycles. The van der Waals surface area contributed by atoms with Crippen LogP contribution < -0.4 is 10.1 Å². The molecule has 4 aromatic heterocycles. The third-order valence-corrected chi connectivity index (χ3v) is 11.7. The number of rotatable bonds is 7. The second-order valence-electron chi connectivity index (χ2n) is 12.0. The number of aromatic nitrogens is 4. The minimum Gasteiger partial charge on any atom is -0.495 e. The van der Waals surface area contributed by atoms with E-state index in [1.54, 1.807) is 36.1 Å². The fourth-order valence-electron chi connectivity index (χ4n) is 6.73. The fraction of sp³-hybridized carbons (Fsp3) is 0.400. The summed E-state index contributed by atoms with van der Waals surface area (Å²) in [6, 6.07) is 4.07. The molecule has 0 amide bonds. The number of fused-ring (bicyclic) bond motifs is 7. The molecule has 3 aliphatic rings. The van der Waals surface area contributed by atoms with Crippen molar-refractivity contribution in [3.8, 4) is 5.75 Å². The van der Waals surface area contributed by atoms with Crippen molar-refractivity contribution in [2.24, 2.45) is 16.8 Å². The van der Waals surface area contributed by atoms with Crippen LogP contribution >= 0.6 is 34.3 Å². The highest BCUT2D eigenvalue weighted by molar-refractivity contribution is 7.19. The van der Waals surface area contributed by atoms with Crippen molar-refractivity contribution in [1.82, 2.24) is 19.9 Å². The van der Waals surface area contributed by atoms with Crippen molar-refractivity contribution in [3.63, 3.8) is 0 Å². The van der Waals surface area contributed by atoms with E-state index in [0.717, 1.165) is 80.9 Å². The molecule has 8 rings (SSSR count). The highest BCUT2D eigenvalue weighted by Crippen LogP contribution is 2.42. The number of hydrogen-bond donors (Lipinski definition) is 1. The first-order valence-corrected chi connectivity index (χ1v) is 18.4. The van der Waals surface area contributed by atoms with Crippen LogP contribution in [0.2, 0.25) is 5.15 Å². The molecule has 5 aromatic rings. The second-order valence-corrected chi connectivity index (χ2v) is 14.5. The average Bonchev–Trinajstić information content (AvgIpc) is 3.83. The number of carbonyl (C=O) groups excluding carboxylic acids is 2. The van der Waals surface area contributed by atoms with Crippen molar-refractivity contribution in [2.75, 3.05) is 25.6 Å².